The average Bonchev–Trinajstić information content (AvgIpc) is 3.09. The second kappa shape index (κ2) is 9.67. The van der Waals surface area contributed by atoms with Crippen LogP contribution in [-0.4, -0.2) is 25.0 Å². The SMILES string of the molecule is COc1ccc(C=C(C#N)C(=O)Nc2sc3c(c2C(N)=O)CCCC3)cc1OC(C)C. The van der Waals surface area contributed by atoms with Crippen molar-refractivity contribution in [3.63, 3.8) is 0 Å². The largest absolute Gasteiger partial charge is 0.493 e. The third-order valence-electron chi connectivity index (χ3n) is 4.87. The fourth-order valence-corrected chi connectivity index (χ4v) is 4.82. The number of carbonyl (C=O) groups is 2. The first-order valence-electron chi connectivity index (χ1n) is 10.1. The molecule has 0 aliphatic heterocycles. The van der Waals surface area contributed by atoms with Crippen LogP contribution in [0, 0.1) is 11.3 Å². The van der Waals surface area contributed by atoms with Crippen LogP contribution in [0.25, 0.3) is 6.08 Å². The van der Waals surface area contributed by atoms with Crippen molar-refractivity contribution in [2.75, 3.05) is 12.4 Å². The molecule has 0 radical (unpaired) electrons. The zero-order chi connectivity index (χ0) is 22.5. The molecule has 3 rings (SSSR count). The van der Waals surface area contributed by atoms with E-state index in [1.165, 1.54) is 17.4 Å². The molecular weight excluding hydrogens is 414 g/mol. The van der Waals surface area contributed by atoms with Crippen LogP contribution < -0.4 is 20.5 Å². The van der Waals surface area contributed by atoms with Crippen LogP contribution in [0.1, 0.15) is 53.1 Å². The molecule has 0 saturated carbocycles. The highest BCUT2D eigenvalue weighted by atomic mass is 32.1. The summed E-state index contributed by atoms with van der Waals surface area (Å²) in [5.74, 6) is -0.0801. The number of nitriles is 1. The van der Waals surface area contributed by atoms with E-state index in [1.807, 2.05) is 19.9 Å². The summed E-state index contributed by atoms with van der Waals surface area (Å²) in [6.07, 6.45) is 5.07. The molecule has 0 bridgehead atoms. The summed E-state index contributed by atoms with van der Waals surface area (Å²) in [5.41, 5.74) is 7.39. The number of methoxy groups -OCH3 is 1. The number of benzene rings is 1. The van der Waals surface area contributed by atoms with Crippen molar-refractivity contribution >= 4 is 34.2 Å². The Bertz CT molecular complexity index is 1080. The van der Waals surface area contributed by atoms with Gasteiger partial charge in [0.15, 0.2) is 11.5 Å². The van der Waals surface area contributed by atoms with Crippen LogP contribution in [0.15, 0.2) is 23.8 Å². The predicted octanol–water partition coefficient (Wildman–Crippen LogP) is 4.07. The number of thiophene rings is 1. The van der Waals surface area contributed by atoms with E-state index in [9.17, 15) is 14.9 Å². The van der Waals surface area contributed by atoms with Crippen molar-refractivity contribution in [1.29, 1.82) is 5.26 Å². The number of fused-ring (bicyclic) bond motifs is 1. The molecule has 1 aromatic carbocycles. The first kappa shape index (κ1) is 22.4. The van der Waals surface area contributed by atoms with Gasteiger partial charge in [-0.05, 0) is 68.9 Å². The summed E-state index contributed by atoms with van der Waals surface area (Å²) in [7, 11) is 1.54. The van der Waals surface area contributed by atoms with Crippen LogP contribution in [0.5, 0.6) is 11.5 Å². The number of rotatable bonds is 7. The van der Waals surface area contributed by atoms with Gasteiger partial charge in [0.1, 0.15) is 16.6 Å². The molecule has 0 atom stereocenters. The minimum absolute atomic E-state index is 0.0658. The van der Waals surface area contributed by atoms with Crippen LogP contribution in [-0.2, 0) is 17.6 Å². The number of nitrogens with zero attached hydrogens (tertiary/aromatic N) is 1. The van der Waals surface area contributed by atoms with Crippen LogP contribution in [0.2, 0.25) is 0 Å². The van der Waals surface area contributed by atoms with E-state index >= 15 is 0 Å². The third-order valence-corrected chi connectivity index (χ3v) is 6.08. The number of amides is 2. The molecule has 31 heavy (non-hydrogen) atoms. The van der Waals surface area contributed by atoms with Gasteiger partial charge in [0.05, 0.1) is 18.8 Å². The lowest BCUT2D eigenvalue weighted by Gasteiger charge is -2.14. The van der Waals surface area contributed by atoms with Crippen LogP contribution >= 0.6 is 11.3 Å². The number of anilines is 1. The first-order valence-corrected chi connectivity index (χ1v) is 10.9. The molecule has 1 aliphatic rings. The molecule has 0 fully saturated rings. The lowest BCUT2D eigenvalue weighted by molar-refractivity contribution is -0.112. The number of hydrogen-bond donors (Lipinski definition) is 2. The summed E-state index contributed by atoms with van der Waals surface area (Å²) in [5, 5.41) is 12.7. The van der Waals surface area contributed by atoms with E-state index in [2.05, 4.69) is 5.32 Å². The summed E-state index contributed by atoms with van der Waals surface area (Å²) < 4.78 is 11.1. The second-order valence-corrected chi connectivity index (χ2v) is 8.59. The minimum Gasteiger partial charge on any atom is -0.493 e. The van der Waals surface area contributed by atoms with Gasteiger partial charge in [0, 0.05) is 4.88 Å². The molecule has 0 unspecified atom stereocenters. The zero-order valence-corrected chi connectivity index (χ0v) is 18.6. The van der Waals surface area contributed by atoms with Crippen molar-refractivity contribution in [2.24, 2.45) is 5.73 Å². The number of carbonyl (C=O) groups excluding carboxylic acids is 2. The Kier molecular flexibility index (Phi) is 6.98. The number of hydrogen-bond acceptors (Lipinski definition) is 6. The van der Waals surface area contributed by atoms with Crippen molar-refractivity contribution in [1.82, 2.24) is 0 Å². The zero-order valence-electron chi connectivity index (χ0n) is 17.8. The van der Waals surface area contributed by atoms with Crippen molar-refractivity contribution in [2.45, 2.75) is 45.6 Å². The summed E-state index contributed by atoms with van der Waals surface area (Å²) >= 11 is 1.36. The number of primary amides is 1. The van der Waals surface area contributed by atoms with Gasteiger partial charge in [-0.25, -0.2) is 0 Å². The van der Waals surface area contributed by atoms with E-state index < -0.39 is 11.8 Å². The topological polar surface area (TPSA) is 114 Å². The number of ether oxygens (including phenoxy) is 2. The standard InChI is InChI=1S/C23H25N3O4S/c1-13(2)30-18-11-14(8-9-17(18)29-3)10-15(12-24)22(28)26-23-20(21(25)27)16-6-4-5-7-19(16)31-23/h8-11,13H,4-7H2,1-3H3,(H2,25,27)(H,26,28). The quantitative estimate of drug-likeness (QED) is 0.499. The highest BCUT2D eigenvalue weighted by molar-refractivity contribution is 7.17. The maximum Gasteiger partial charge on any atom is 0.266 e. The molecule has 162 valence electrons. The molecule has 2 amide bonds. The van der Waals surface area contributed by atoms with Gasteiger partial charge >= 0.3 is 0 Å². The maximum atomic E-state index is 12.8. The summed E-state index contributed by atoms with van der Waals surface area (Å²) in [6.45, 7) is 3.79. The van der Waals surface area contributed by atoms with Crippen LogP contribution in [0.4, 0.5) is 5.00 Å². The Labute approximate surface area is 185 Å². The van der Waals surface area contributed by atoms with Gasteiger partial charge in [0.25, 0.3) is 11.8 Å². The molecule has 0 spiro atoms. The van der Waals surface area contributed by atoms with Gasteiger partial charge in [-0.1, -0.05) is 6.07 Å². The van der Waals surface area contributed by atoms with Crippen molar-refractivity contribution in [3.05, 3.63) is 45.3 Å². The Balaban J connectivity index is 1.89. The fraction of sp³-hybridized carbons (Fsp3) is 0.348. The number of nitrogens with two attached hydrogens (primary N) is 1. The molecule has 3 N–H and O–H groups in total. The van der Waals surface area contributed by atoms with Crippen molar-refractivity contribution < 1.29 is 19.1 Å². The van der Waals surface area contributed by atoms with E-state index in [4.69, 9.17) is 15.2 Å². The number of aryl methyl sites for hydroxylation is 1. The minimum atomic E-state index is -0.592. The second-order valence-electron chi connectivity index (χ2n) is 7.48. The molecule has 1 aliphatic carbocycles. The normalized spacial score (nSPS) is 13.3. The fourth-order valence-electron chi connectivity index (χ4n) is 3.53. The lowest BCUT2D eigenvalue weighted by Crippen LogP contribution is -2.19. The monoisotopic (exact) mass is 439 g/mol. The molecule has 0 saturated heterocycles. The van der Waals surface area contributed by atoms with E-state index in [1.54, 1.807) is 25.3 Å². The van der Waals surface area contributed by atoms with Gasteiger partial charge in [-0.2, -0.15) is 5.26 Å². The smallest absolute Gasteiger partial charge is 0.266 e. The van der Waals surface area contributed by atoms with Gasteiger partial charge in [0.2, 0.25) is 0 Å². The molecule has 8 heteroatoms. The highest BCUT2D eigenvalue weighted by Crippen LogP contribution is 2.38. The molecule has 1 heterocycles. The third kappa shape index (κ3) is 5.06. The Morgan fingerprint density at radius 3 is 2.65 bits per heavy atom. The molecule has 7 nitrogen and oxygen atoms in total. The highest BCUT2D eigenvalue weighted by Gasteiger charge is 2.25. The predicted molar refractivity (Wildman–Crippen MR) is 120 cm³/mol. The molecule has 1 aromatic heterocycles. The lowest BCUT2D eigenvalue weighted by atomic mass is 9.95. The summed E-state index contributed by atoms with van der Waals surface area (Å²) in [4.78, 5) is 25.9. The molecular formula is C23H25N3O4S. The van der Waals surface area contributed by atoms with Crippen LogP contribution in [0.3, 0.4) is 0 Å². The maximum absolute atomic E-state index is 12.8. The van der Waals surface area contributed by atoms with E-state index in [0.29, 0.717) is 27.6 Å². The van der Waals surface area contributed by atoms with E-state index in [0.717, 1.165) is 36.1 Å². The van der Waals surface area contributed by atoms with Crippen molar-refractivity contribution in [3.8, 4) is 17.6 Å². The first-order chi connectivity index (χ1) is 14.8. The average molecular weight is 440 g/mol. The summed E-state index contributed by atoms with van der Waals surface area (Å²) in [6, 6.07) is 7.09. The molecule has 2 aromatic rings. The van der Waals surface area contributed by atoms with Gasteiger partial charge < -0.3 is 20.5 Å². The van der Waals surface area contributed by atoms with Gasteiger partial charge in [-0.15, -0.1) is 11.3 Å². The van der Waals surface area contributed by atoms with E-state index in [-0.39, 0.29) is 11.7 Å². The Morgan fingerprint density at radius 1 is 1.26 bits per heavy atom. The Morgan fingerprint density at radius 2 is 2.00 bits per heavy atom. The number of nitrogens with one attached hydrogen (secondary N) is 1. The Hall–Kier alpha value is -3.31. The van der Waals surface area contributed by atoms with Gasteiger partial charge in [-0.3, -0.25) is 9.59 Å².